The van der Waals surface area contributed by atoms with Crippen molar-refractivity contribution in [2.75, 3.05) is 6.54 Å². The van der Waals surface area contributed by atoms with Gasteiger partial charge in [0.15, 0.2) is 0 Å². The zero-order chi connectivity index (χ0) is 15.1. The molecule has 0 saturated heterocycles. The summed E-state index contributed by atoms with van der Waals surface area (Å²) in [7, 11) is 0. The van der Waals surface area contributed by atoms with Crippen molar-refractivity contribution in [2.24, 2.45) is 5.92 Å². The number of hydrogen-bond acceptors (Lipinski definition) is 1. The van der Waals surface area contributed by atoms with Gasteiger partial charge in [0.05, 0.1) is 0 Å². The molecule has 1 N–H and O–H groups in total. The molecule has 0 spiro atoms. The number of nitrogens with one attached hydrogen (secondary N) is 1. The first-order valence-corrected chi connectivity index (χ1v) is 9.02. The van der Waals surface area contributed by atoms with Crippen molar-refractivity contribution >= 4 is 0 Å². The van der Waals surface area contributed by atoms with E-state index in [1.54, 1.807) is 11.1 Å². The molecule has 118 valence electrons. The summed E-state index contributed by atoms with van der Waals surface area (Å²) in [5, 5.41) is 3.69. The molecule has 0 heterocycles. The van der Waals surface area contributed by atoms with E-state index < -0.39 is 0 Å². The van der Waals surface area contributed by atoms with Crippen LogP contribution in [-0.2, 0) is 12.8 Å². The van der Waals surface area contributed by atoms with Crippen LogP contribution in [0.3, 0.4) is 0 Å². The van der Waals surface area contributed by atoms with Gasteiger partial charge in [-0.3, -0.25) is 0 Å². The van der Waals surface area contributed by atoms with Crippen LogP contribution in [-0.4, -0.2) is 6.54 Å². The van der Waals surface area contributed by atoms with Gasteiger partial charge in [-0.1, -0.05) is 57.7 Å². The van der Waals surface area contributed by atoms with Crippen LogP contribution in [0.1, 0.15) is 82.0 Å². The fourth-order valence-electron chi connectivity index (χ4n) is 3.33. The van der Waals surface area contributed by atoms with E-state index >= 15 is 0 Å². The molecule has 0 saturated carbocycles. The lowest BCUT2D eigenvalue weighted by atomic mass is 10.0. The number of fused-ring (bicyclic) bond motifs is 1. The first-order chi connectivity index (χ1) is 10.2. The fourth-order valence-corrected chi connectivity index (χ4v) is 3.33. The second-order valence-electron chi connectivity index (χ2n) is 7.15. The summed E-state index contributed by atoms with van der Waals surface area (Å²) in [5.41, 5.74) is 4.64. The van der Waals surface area contributed by atoms with Crippen molar-refractivity contribution in [3.63, 3.8) is 0 Å². The van der Waals surface area contributed by atoms with Crippen LogP contribution < -0.4 is 5.32 Å². The molecular formula is C20H33N. The molecule has 0 bridgehead atoms. The summed E-state index contributed by atoms with van der Waals surface area (Å²) in [6, 6.07) is 7.60. The summed E-state index contributed by atoms with van der Waals surface area (Å²) in [5.74, 6) is 0.864. The summed E-state index contributed by atoms with van der Waals surface area (Å²) < 4.78 is 0. The van der Waals surface area contributed by atoms with Crippen LogP contribution in [0.2, 0.25) is 0 Å². The maximum atomic E-state index is 3.69. The number of benzene rings is 1. The largest absolute Gasteiger partial charge is 0.310 e. The summed E-state index contributed by atoms with van der Waals surface area (Å²) in [4.78, 5) is 0. The highest BCUT2D eigenvalue weighted by Gasteiger charge is 2.13. The second kappa shape index (κ2) is 8.58. The van der Waals surface area contributed by atoms with Gasteiger partial charge < -0.3 is 5.32 Å². The van der Waals surface area contributed by atoms with Gasteiger partial charge in [0.2, 0.25) is 0 Å². The maximum absolute atomic E-state index is 3.69. The van der Waals surface area contributed by atoms with E-state index in [1.165, 1.54) is 56.9 Å². The molecule has 0 aromatic heterocycles. The smallest absolute Gasteiger partial charge is 0.0291 e. The van der Waals surface area contributed by atoms with Crippen molar-refractivity contribution in [3.8, 4) is 0 Å². The van der Waals surface area contributed by atoms with Crippen LogP contribution in [0.15, 0.2) is 18.2 Å². The first kappa shape index (κ1) is 16.5. The molecule has 1 aliphatic rings. The highest BCUT2D eigenvalue weighted by atomic mass is 14.9. The monoisotopic (exact) mass is 287 g/mol. The highest BCUT2D eigenvalue weighted by molar-refractivity contribution is 5.36. The van der Waals surface area contributed by atoms with Gasteiger partial charge in [0.25, 0.3) is 0 Å². The van der Waals surface area contributed by atoms with E-state index in [1.807, 2.05) is 0 Å². The Kier molecular flexibility index (Phi) is 6.76. The van der Waals surface area contributed by atoms with Crippen molar-refractivity contribution in [1.82, 2.24) is 5.32 Å². The molecule has 0 fully saturated rings. The van der Waals surface area contributed by atoms with Gasteiger partial charge in [-0.05, 0) is 61.8 Å². The molecule has 1 aromatic rings. The highest BCUT2D eigenvalue weighted by Crippen LogP contribution is 2.25. The maximum Gasteiger partial charge on any atom is 0.0291 e. The fraction of sp³-hybridized carbons (Fsp3) is 0.700. The molecule has 1 unspecified atom stereocenters. The lowest BCUT2D eigenvalue weighted by Crippen LogP contribution is -2.20. The first-order valence-electron chi connectivity index (χ1n) is 9.02. The van der Waals surface area contributed by atoms with Crippen molar-refractivity contribution in [1.29, 1.82) is 0 Å². The minimum Gasteiger partial charge on any atom is -0.310 e. The van der Waals surface area contributed by atoms with E-state index in [0.29, 0.717) is 6.04 Å². The van der Waals surface area contributed by atoms with Crippen LogP contribution in [0.5, 0.6) is 0 Å². The van der Waals surface area contributed by atoms with E-state index in [2.05, 4.69) is 44.3 Å². The predicted octanol–water partition coefficient (Wildman–Crippen LogP) is 5.43. The van der Waals surface area contributed by atoms with Gasteiger partial charge in [-0.2, -0.15) is 0 Å². The van der Waals surface area contributed by atoms with E-state index in [-0.39, 0.29) is 0 Å². The standard InChI is InChI=1S/C20H33N/c1-16(2)9-6-4-5-7-14-21-17(3)19-13-12-18-10-8-11-20(18)15-19/h12-13,15-17,21H,4-11,14H2,1-3H3. The molecule has 1 atom stereocenters. The van der Waals surface area contributed by atoms with E-state index in [0.717, 1.165) is 12.5 Å². The Morgan fingerprint density at radius 2 is 1.71 bits per heavy atom. The summed E-state index contributed by atoms with van der Waals surface area (Å²) >= 11 is 0. The molecule has 1 nitrogen and oxygen atoms in total. The lowest BCUT2D eigenvalue weighted by molar-refractivity contribution is 0.498. The van der Waals surface area contributed by atoms with E-state index in [9.17, 15) is 0 Å². The number of unbranched alkanes of at least 4 members (excludes halogenated alkanes) is 3. The number of hydrogen-bond donors (Lipinski definition) is 1. The van der Waals surface area contributed by atoms with Gasteiger partial charge in [0.1, 0.15) is 0 Å². The topological polar surface area (TPSA) is 12.0 Å². The normalized spacial score (nSPS) is 15.4. The Hall–Kier alpha value is -0.820. The van der Waals surface area contributed by atoms with Crippen molar-refractivity contribution in [3.05, 3.63) is 34.9 Å². The molecular weight excluding hydrogens is 254 g/mol. The molecule has 0 radical (unpaired) electrons. The zero-order valence-corrected chi connectivity index (χ0v) is 14.3. The van der Waals surface area contributed by atoms with E-state index in [4.69, 9.17) is 0 Å². The summed E-state index contributed by atoms with van der Waals surface area (Å²) in [6.45, 7) is 8.09. The lowest BCUT2D eigenvalue weighted by Gasteiger charge is -2.15. The summed E-state index contributed by atoms with van der Waals surface area (Å²) in [6.07, 6.45) is 10.8. The van der Waals surface area contributed by atoms with Crippen LogP contribution in [0.4, 0.5) is 0 Å². The molecule has 0 aliphatic heterocycles. The van der Waals surface area contributed by atoms with Crippen LogP contribution >= 0.6 is 0 Å². The average Bonchev–Trinajstić information content (AvgIpc) is 2.93. The third kappa shape index (κ3) is 5.47. The van der Waals surface area contributed by atoms with Gasteiger partial charge >= 0.3 is 0 Å². The SMILES string of the molecule is CC(C)CCCCCCNC(C)c1ccc2c(c1)CCC2. The molecule has 1 heteroatoms. The third-order valence-corrected chi connectivity index (χ3v) is 4.78. The molecule has 1 aromatic carbocycles. The minimum atomic E-state index is 0.492. The average molecular weight is 287 g/mol. The Morgan fingerprint density at radius 3 is 2.52 bits per heavy atom. The van der Waals surface area contributed by atoms with Crippen LogP contribution in [0.25, 0.3) is 0 Å². The zero-order valence-electron chi connectivity index (χ0n) is 14.3. The number of aryl methyl sites for hydroxylation is 2. The Morgan fingerprint density at radius 1 is 0.952 bits per heavy atom. The third-order valence-electron chi connectivity index (χ3n) is 4.78. The predicted molar refractivity (Wildman–Crippen MR) is 92.8 cm³/mol. The van der Waals surface area contributed by atoms with Gasteiger partial charge in [-0.25, -0.2) is 0 Å². The molecule has 0 amide bonds. The Balaban J connectivity index is 1.62. The molecule has 21 heavy (non-hydrogen) atoms. The van der Waals surface area contributed by atoms with Crippen molar-refractivity contribution < 1.29 is 0 Å². The second-order valence-corrected chi connectivity index (χ2v) is 7.15. The van der Waals surface area contributed by atoms with Gasteiger partial charge in [0, 0.05) is 6.04 Å². The van der Waals surface area contributed by atoms with Gasteiger partial charge in [-0.15, -0.1) is 0 Å². The number of rotatable bonds is 9. The van der Waals surface area contributed by atoms with Crippen LogP contribution in [0, 0.1) is 5.92 Å². The Bertz CT molecular complexity index is 422. The minimum absolute atomic E-state index is 0.492. The Labute approximate surface area is 131 Å². The molecule has 2 rings (SSSR count). The van der Waals surface area contributed by atoms with Crippen molar-refractivity contribution in [2.45, 2.75) is 78.2 Å². The quantitative estimate of drug-likeness (QED) is 0.597. The molecule has 1 aliphatic carbocycles.